The predicted octanol–water partition coefficient (Wildman–Crippen LogP) is 4.29. The second-order valence-corrected chi connectivity index (χ2v) is 8.11. The number of halogens is 1. The third kappa shape index (κ3) is 4.89. The van der Waals surface area contributed by atoms with E-state index in [-0.39, 0.29) is 29.7 Å². The number of phenols is 1. The Balaban J connectivity index is 2.06. The fourth-order valence-corrected chi connectivity index (χ4v) is 3.83. The number of aromatic hydroxyl groups is 1. The van der Waals surface area contributed by atoms with E-state index in [1.807, 2.05) is 13.8 Å². The summed E-state index contributed by atoms with van der Waals surface area (Å²) in [6, 6.07) is 10.00. The molecule has 32 heavy (non-hydrogen) atoms. The maximum absolute atomic E-state index is 13.0. The minimum absolute atomic E-state index is 0.0326. The van der Waals surface area contributed by atoms with E-state index in [9.17, 15) is 19.8 Å². The van der Waals surface area contributed by atoms with E-state index in [0.29, 0.717) is 34.9 Å². The second-order valence-electron chi connectivity index (χ2n) is 7.71. The van der Waals surface area contributed by atoms with Crippen molar-refractivity contribution in [3.63, 3.8) is 0 Å². The van der Waals surface area contributed by atoms with Gasteiger partial charge in [-0.15, -0.1) is 0 Å². The molecule has 1 saturated heterocycles. The lowest BCUT2D eigenvalue weighted by Gasteiger charge is -2.25. The molecular formula is C24H26ClNO6. The normalized spacial score (nSPS) is 17.9. The Morgan fingerprint density at radius 1 is 1.16 bits per heavy atom. The van der Waals surface area contributed by atoms with Crippen molar-refractivity contribution in [1.82, 2.24) is 4.90 Å². The number of carbonyl (C=O) groups excluding carboxylic acids is 2. The molecule has 2 aromatic carbocycles. The van der Waals surface area contributed by atoms with Gasteiger partial charge in [-0.3, -0.25) is 9.59 Å². The monoisotopic (exact) mass is 459 g/mol. The van der Waals surface area contributed by atoms with Gasteiger partial charge in [0.25, 0.3) is 11.7 Å². The van der Waals surface area contributed by atoms with Crippen LogP contribution in [-0.2, 0) is 14.3 Å². The summed E-state index contributed by atoms with van der Waals surface area (Å²) in [6.45, 7) is 4.53. The maximum atomic E-state index is 13.0. The molecule has 8 heteroatoms. The van der Waals surface area contributed by atoms with Crippen molar-refractivity contribution in [2.75, 3.05) is 20.3 Å². The fourth-order valence-electron chi connectivity index (χ4n) is 3.63. The molecule has 0 bridgehead atoms. The van der Waals surface area contributed by atoms with Gasteiger partial charge in [0, 0.05) is 18.7 Å². The lowest BCUT2D eigenvalue weighted by atomic mass is 9.95. The molecule has 0 aromatic heterocycles. The molecule has 3 rings (SSSR count). The van der Waals surface area contributed by atoms with Crippen molar-refractivity contribution in [2.45, 2.75) is 32.4 Å². The van der Waals surface area contributed by atoms with Crippen molar-refractivity contribution in [1.29, 1.82) is 0 Å². The molecular weight excluding hydrogens is 434 g/mol. The lowest BCUT2D eigenvalue weighted by molar-refractivity contribution is -0.140. The summed E-state index contributed by atoms with van der Waals surface area (Å²) in [5.74, 6) is -1.41. The van der Waals surface area contributed by atoms with Gasteiger partial charge >= 0.3 is 0 Å². The standard InChI is InChI=1S/C24H26ClNO6/c1-14(2)32-12-4-11-26-21(15-5-8-17(27)9-6-15)20(23(29)24(26)30)22(28)16-7-10-18(25)19(13-16)31-3/h5-10,13-14,21,27-28H,4,11-12H2,1-3H3/b22-20-. The number of carbonyl (C=O) groups is 2. The molecule has 7 nitrogen and oxygen atoms in total. The largest absolute Gasteiger partial charge is 0.508 e. The highest BCUT2D eigenvalue weighted by Gasteiger charge is 2.45. The Bertz CT molecular complexity index is 1030. The topological polar surface area (TPSA) is 96.3 Å². The van der Waals surface area contributed by atoms with Crippen LogP contribution in [0.3, 0.4) is 0 Å². The molecule has 1 heterocycles. The molecule has 1 fully saturated rings. The number of ether oxygens (including phenoxy) is 2. The van der Waals surface area contributed by atoms with Gasteiger partial charge in [0.15, 0.2) is 0 Å². The highest BCUT2D eigenvalue weighted by Crippen LogP contribution is 2.40. The van der Waals surface area contributed by atoms with Crippen molar-refractivity contribution >= 4 is 29.1 Å². The molecule has 1 aliphatic heterocycles. The molecule has 1 amide bonds. The van der Waals surface area contributed by atoms with E-state index >= 15 is 0 Å². The molecule has 0 spiro atoms. The molecule has 1 unspecified atom stereocenters. The number of Topliss-reactive ketones (excluding diaryl/α,β-unsaturated/α-hetero) is 1. The van der Waals surface area contributed by atoms with E-state index in [4.69, 9.17) is 21.1 Å². The van der Waals surface area contributed by atoms with Crippen LogP contribution >= 0.6 is 11.6 Å². The summed E-state index contributed by atoms with van der Waals surface area (Å²) < 4.78 is 10.8. The van der Waals surface area contributed by atoms with Gasteiger partial charge in [-0.25, -0.2) is 0 Å². The van der Waals surface area contributed by atoms with Crippen LogP contribution in [-0.4, -0.2) is 53.2 Å². The zero-order valence-corrected chi connectivity index (χ0v) is 18.9. The SMILES string of the molecule is COc1cc(/C(O)=C2/C(=O)C(=O)N(CCCOC(C)C)C2c2ccc(O)cc2)ccc1Cl. The first-order chi connectivity index (χ1) is 15.2. The minimum atomic E-state index is -0.809. The van der Waals surface area contributed by atoms with Crippen LogP contribution in [0.1, 0.15) is 37.4 Å². The van der Waals surface area contributed by atoms with Gasteiger partial charge in [0.2, 0.25) is 0 Å². The summed E-state index contributed by atoms with van der Waals surface area (Å²) in [5.41, 5.74) is 0.861. The zero-order chi connectivity index (χ0) is 23.4. The number of benzene rings is 2. The fraction of sp³-hybridized carbons (Fsp3) is 0.333. The Hall–Kier alpha value is -3.03. The number of aliphatic hydroxyl groups is 1. The number of hydrogen-bond donors (Lipinski definition) is 2. The predicted molar refractivity (Wildman–Crippen MR) is 121 cm³/mol. The molecule has 0 aliphatic carbocycles. The van der Waals surface area contributed by atoms with E-state index in [2.05, 4.69) is 0 Å². The number of nitrogens with zero attached hydrogens (tertiary/aromatic N) is 1. The number of rotatable bonds is 8. The van der Waals surface area contributed by atoms with Gasteiger partial charge in [0.05, 0.1) is 29.9 Å². The van der Waals surface area contributed by atoms with Gasteiger partial charge in [-0.1, -0.05) is 23.7 Å². The first kappa shape index (κ1) is 23.6. The third-order valence-electron chi connectivity index (χ3n) is 5.17. The van der Waals surface area contributed by atoms with Gasteiger partial charge in [-0.05, 0) is 56.2 Å². The Labute approximate surface area is 191 Å². The zero-order valence-electron chi connectivity index (χ0n) is 18.2. The highest BCUT2D eigenvalue weighted by atomic mass is 35.5. The summed E-state index contributed by atoms with van der Waals surface area (Å²) in [5, 5.41) is 21.1. The van der Waals surface area contributed by atoms with Crippen LogP contribution in [0.15, 0.2) is 48.0 Å². The Kier molecular flexibility index (Phi) is 7.43. The first-order valence-electron chi connectivity index (χ1n) is 10.3. The quantitative estimate of drug-likeness (QED) is 0.264. The summed E-state index contributed by atoms with van der Waals surface area (Å²) >= 11 is 6.08. The maximum Gasteiger partial charge on any atom is 0.295 e. The lowest BCUT2D eigenvalue weighted by Crippen LogP contribution is -2.31. The second kappa shape index (κ2) is 10.1. The average Bonchev–Trinajstić information content (AvgIpc) is 3.01. The van der Waals surface area contributed by atoms with Crippen LogP contribution < -0.4 is 4.74 Å². The molecule has 1 aliphatic rings. The molecule has 0 saturated carbocycles. The third-order valence-corrected chi connectivity index (χ3v) is 5.48. The van der Waals surface area contributed by atoms with Crippen LogP contribution in [0.2, 0.25) is 5.02 Å². The Morgan fingerprint density at radius 2 is 1.84 bits per heavy atom. The average molecular weight is 460 g/mol. The number of phenolic OH excluding ortho intramolecular Hbond substituents is 1. The number of ketones is 1. The van der Waals surface area contributed by atoms with Gasteiger partial charge < -0.3 is 24.6 Å². The number of methoxy groups -OCH3 is 1. The molecule has 2 N–H and O–H groups in total. The van der Waals surface area contributed by atoms with Crippen LogP contribution in [0.4, 0.5) is 0 Å². The van der Waals surface area contributed by atoms with Crippen molar-refractivity contribution < 1.29 is 29.3 Å². The van der Waals surface area contributed by atoms with E-state index < -0.39 is 17.7 Å². The van der Waals surface area contributed by atoms with Crippen LogP contribution in [0.5, 0.6) is 11.5 Å². The highest BCUT2D eigenvalue weighted by molar-refractivity contribution is 6.46. The first-order valence-corrected chi connectivity index (χ1v) is 10.6. The van der Waals surface area contributed by atoms with E-state index in [1.165, 1.54) is 30.2 Å². The van der Waals surface area contributed by atoms with E-state index in [1.54, 1.807) is 24.3 Å². The summed E-state index contributed by atoms with van der Waals surface area (Å²) in [7, 11) is 1.44. The molecule has 2 aromatic rings. The van der Waals surface area contributed by atoms with Crippen molar-refractivity contribution in [3.8, 4) is 11.5 Å². The number of likely N-dealkylation sites (tertiary alicyclic amines) is 1. The Morgan fingerprint density at radius 3 is 2.47 bits per heavy atom. The summed E-state index contributed by atoms with van der Waals surface area (Å²) in [4.78, 5) is 27.3. The van der Waals surface area contributed by atoms with E-state index in [0.717, 1.165) is 0 Å². The minimum Gasteiger partial charge on any atom is -0.508 e. The van der Waals surface area contributed by atoms with Crippen molar-refractivity contribution in [3.05, 3.63) is 64.2 Å². The van der Waals surface area contributed by atoms with Gasteiger partial charge in [0.1, 0.15) is 17.3 Å². The number of aliphatic hydroxyl groups excluding tert-OH is 1. The number of amides is 1. The molecule has 0 radical (unpaired) electrons. The van der Waals surface area contributed by atoms with Crippen molar-refractivity contribution in [2.24, 2.45) is 0 Å². The van der Waals surface area contributed by atoms with Gasteiger partial charge in [-0.2, -0.15) is 0 Å². The smallest absolute Gasteiger partial charge is 0.295 e. The summed E-state index contributed by atoms with van der Waals surface area (Å²) in [6.07, 6.45) is 0.576. The van der Waals surface area contributed by atoms with Crippen LogP contribution in [0.25, 0.3) is 5.76 Å². The molecule has 1 atom stereocenters. The van der Waals surface area contributed by atoms with Crippen LogP contribution in [0, 0.1) is 0 Å². The molecule has 170 valence electrons. The number of hydrogen-bond acceptors (Lipinski definition) is 6.